The van der Waals surface area contributed by atoms with Gasteiger partial charge in [-0.1, -0.05) is 12.1 Å². The maximum Gasteiger partial charge on any atom is 0.405 e. The van der Waals surface area contributed by atoms with E-state index in [1.807, 2.05) is 0 Å². The molecule has 2 aromatic rings. The van der Waals surface area contributed by atoms with E-state index < -0.39 is 31.1 Å². The fourth-order valence-electron chi connectivity index (χ4n) is 2.06. The van der Waals surface area contributed by atoms with Crippen molar-refractivity contribution in [2.45, 2.75) is 31.7 Å². The molecule has 1 amide bonds. The standard InChI is InChI=1S/C15H15F4N3O4/c1-8-21-22-12(26-8)6-11(20-14(23)24)9-3-2-4-10(5-9)25-7-15(18,19)13(16)17/h2-5,11,13,20H,6-7H2,1H3,(H,23,24). The Kier molecular flexibility index (Phi) is 6.01. The van der Waals surface area contributed by atoms with Crippen LogP contribution in [0.3, 0.4) is 0 Å². The summed E-state index contributed by atoms with van der Waals surface area (Å²) in [6, 6.07) is 4.65. The third kappa shape index (κ3) is 5.33. The zero-order valence-electron chi connectivity index (χ0n) is 13.5. The number of benzene rings is 1. The van der Waals surface area contributed by atoms with Gasteiger partial charge >= 0.3 is 18.4 Å². The van der Waals surface area contributed by atoms with Crippen molar-refractivity contribution >= 4 is 6.09 Å². The highest BCUT2D eigenvalue weighted by molar-refractivity contribution is 5.65. The Hall–Kier alpha value is -2.85. The number of hydrogen-bond acceptors (Lipinski definition) is 5. The largest absolute Gasteiger partial charge is 0.487 e. The number of hydrogen-bond donors (Lipinski definition) is 2. The second-order valence-corrected chi connectivity index (χ2v) is 5.34. The van der Waals surface area contributed by atoms with E-state index in [1.54, 1.807) is 6.92 Å². The van der Waals surface area contributed by atoms with E-state index in [0.717, 1.165) is 0 Å². The summed E-state index contributed by atoms with van der Waals surface area (Å²) in [5.41, 5.74) is 0.348. The van der Waals surface area contributed by atoms with Crippen LogP contribution >= 0.6 is 0 Å². The van der Waals surface area contributed by atoms with Crippen LogP contribution in [-0.4, -0.2) is 40.4 Å². The molecule has 26 heavy (non-hydrogen) atoms. The number of halogens is 4. The molecule has 1 aromatic carbocycles. The second kappa shape index (κ2) is 8.02. The van der Waals surface area contributed by atoms with Crippen LogP contribution in [0.5, 0.6) is 5.75 Å². The zero-order chi connectivity index (χ0) is 19.3. The summed E-state index contributed by atoms with van der Waals surface area (Å²) in [6.45, 7) is 0.0573. The molecule has 11 heteroatoms. The first-order valence-corrected chi connectivity index (χ1v) is 7.34. The SMILES string of the molecule is Cc1nnc(CC(NC(=O)O)c2cccc(OCC(F)(F)C(F)F)c2)o1. The molecule has 2 N–H and O–H groups in total. The van der Waals surface area contributed by atoms with E-state index >= 15 is 0 Å². The third-order valence-corrected chi connectivity index (χ3v) is 3.26. The number of alkyl halides is 4. The monoisotopic (exact) mass is 377 g/mol. The van der Waals surface area contributed by atoms with Crippen molar-refractivity contribution in [1.29, 1.82) is 0 Å². The second-order valence-electron chi connectivity index (χ2n) is 5.34. The van der Waals surface area contributed by atoms with Gasteiger partial charge in [-0.3, -0.25) is 0 Å². The Morgan fingerprint density at radius 2 is 2.12 bits per heavy atom. The van der Waals surface area contributed by atoms with Crippen molar-refractivity contribution in [3.63, 3.8) is 0 Å². The minimum Gasteiger partial charge on any atom is -0.487 e. The molecule has 0 saturated heterocycles. The Balaban J connectivity index is 2.16. The van der Waals surface area contributed by atoms with Gasteiger partial charge in [-0.25, -0.2) is 13.6 Å². The van der Waals surface area contributed by atoms with Crippen LogP contribution < -0.4 is 10.1 Å². The van der Waals surface area contributed by atoms with E-state index in [4.69, 9.17) is 14.3 Å². The molecule has 0 aliphatic carbocycles. The Bertz CT molecular complexity index is 754. The molecular weight excluding hydrogens is 362 g/mol. The minimum atomic E-state index is -4.30. The number of nitrogens with zero attached hydrogens (tertiary/aromatic N) is 2. The summed E-state index contributed by atoms with van der Waals surface area (Å²) >= 11 is 0. The lowest BCUT2D eigenvalue weighted by atomic mass is 10.0. The molecule has 0 bridgehead atoms. The number of carbonyl (C=O) groups is 1. The number of amides is 1. The number of nitrogens with one attached hydrogen (secondary N) is 1. The third-order valence-electron chi connectivity index (χ3n) is 3.26. The summed E-state index contributed by atoms with van der Waals surface area (Å²) in [7, 11) is 0. The van der Waals surface area contributed by atoms with Crippen LogP contribution in [0.4, 0.5) is 22.4 Å². The molecule has 1 atom stereocenters. The lowest BCUT2D eigenvalue weighted by Crippen LogP contribution is -2.33. The summed E-state index contributed by atoms with van der Waals surface area (Å²) < 4.78 is 60.2. The molecule has 0 aliphatic heterocycles. The van der Waals surface area contributed by atoms with Gasteiger partial charge in [-0.05, 0) is 17.7 Å². The van der Waals surface area contributed by atoms with E-state index in [1.165, 1.54) is 24.3 Å². The lowest BCUT2D eigenvalue weighted by molar-refractivity contribution is -0.148. The van der Waals surface area contributed by atoms with Crippen molar-refractivity contribution in [2.24, 2.45) is 0 Å². The molecule has 1 unspecified atom stereocenters. The van der Waals surface area contributed by atoms with Gasteiger partial charge in [0.15, 0.2) is 6.61 Å². The number of carboxylic acid groups (broad SMARTS) is 1. The normalized spacial score (nSPS) is 12.8. The van der Waals surface area contributed by atoms with Crippen molar-refractivity contribution < 1.29 is 36.6 Å². The molecule has 0 fully saturated rings. The summed E-state index contributed by atoms with van der Waals surface area (Å²) in [6.07, 6.45) is -5.18. The average Bonchev–Trinajstić information content (AvgIpc) is 2.97. The summed E-state index contributed by atoms with van der Waals surface area (Å²) in [5.74, 6) is -3.95. The number of rotatable bonds is 8. The van der Waals surface area contributed by atoms with Crippen molar-refractivity contribution in [3.8, 4) is 5.75 Å². The Morgan fingerprint density at radius 3 is 2.69 bits per heavy atom. The molecular formula is C15H15F4N3O4. The van der Waals surface area contributed by atoms with Gasteiger partial charge in [0.25, 0.3) is 0 Å². The van der Waals surface area contributed by atoms with Gasteiger partial charge in [-0.2, -0.15) is 8.78 Å². The van der Waals surface area contributed by atoms with Gasteiger partial charge in [0.05, 0.1) is 12.5 Å². The maximum atomic E-state index is 13.0. The highest BCUT2D eigenvalue weighted by atomic mass is 19.3. The molecule has 7 nitrogen and oxygen atoms in total. The van der Waals surface area contributed by atoms with Gasteiger partial charge in [-0.15, -0.1) is 10.2 Å². The smallest absolute Gasteiger partial charge is 0.405 e. The molecule has 0 aliphatic rings. The van der Waals surface area contributed by atoms with Crippen LogP contribution in [0.1, 0.15) is 23.4 Å². The first-order chi connectivity index (χ1) is 12.2. The highest BCUT2D eigenvalue weighted by Crippen LogP contribution is 2.26. The predicted molar refractivity (Wildman–Crippen MR) is 79.5 cm³/mol. The average molecular weight is 377 g/mol. The molecule has 1 heterocycles. The fourth-order valence-corrected chi connectivity index (χ4v) is 2.06. The van der Waals surface area contributed by atoms with Crippen LogP contribution in [0.25, 0.3) is 0 Å². The van der Waals surface area contributed by atoms with Crippen LogP contribution in [0, 0.1) is 6.92 Å². The highest BCUT2D eigenvalue weighted by Gasteiger charge is 2.41. The molecule has 0 spiro atoms. The number of aromatic nitrogens is 2. The molecule has 1 aromatic heterocycles. The molecule has 0 radical (unpaired) electrons. The number of ether oxygens (including phenoxy) is 1. The van der Waals surface area contributed by atoms with Crippen molar-refractivity contribution in [2.75, 3.05) is 6.61 Å². The van der Waals surface area contributed by atoms with Crippen molar-refractivity contribution in [3.05, 3.63) is 41.6 Å². The molecule has 2 rings (SSSR count). The van der Waals surface area contributed by atoms with Gasteiger partial charge in [0.1, 0.15) is 5.75 Å². The molecule has 142 valence electrons. The first kappa shape index (κ1) is 19.5. The van der Waals surface area contributed by atoms with Crippen LogP contribution in [-0.2, 0) is 6.42 Å². The van der Waals surface area contributed by atoms with E-state index in [2.05, 4.69) is 15.5 Å². The fraction of sp³-hybridized carbons (Fsp3) is 0.400. The lowest BCUT2D eigenvalue weighted by Gasteiger charge is -2.18. The topological polar surface area (TPSA) is 97.5 Å². The van der Waals surface area contributed by atoms with Crippen molar-refractivity contribution in [1.82, 2.24) is 15.5 Å². The van der Waals surface area contributed by atoms with E-state index in [-0.39, 0.29) is 18.1 Å². The zero-order valence-corrected chi connectivity index (χ0v) is 13.5. The van der Waals surface area contributed by atoms with Crippen LogP contribution in [0.15, 0.2) is 28.7 Å². The molecule has 0 saturated carbocycles. The first-order valence-electron chi connectivity index (χ1n) is 7.34. The number of aryl methyl sites for hydroxylation is 1. The van der Waals surface area contributed by atoms with Gasteiger partial charge < -0.3 is 19.6 Å². The maximum absolute atomic E-state index is 13.0. The Labute approximate surface area is 145 Å². The van der Waals surface area contributed by atoms with E-state index in [0.29, 0.717) is 11.5 Å². The summed E-state index contributed by atoms with van der Waals surface area (Å²) in [5, 5.41) is 18.6. The predicted octanol–water partition coefficient (Wildman–Crippen LogP) is 3.21. The van der Waals surface area contributed by atoms with Gasteiger partial charge in [0.2, 0.25) is 11.8 Å². The van der Waals surface area contributed by atoms with Crippen LogP contribution in [0.2, 0.25) is 0 Å². The van der Waals surface area contributed by atoms with E-state index in [9.17, 15) is 22.4 Å². The summed E-state index contributed by atoms with van der Waals surface area (Å²) in [4.78, 5) is 11.0. The quantitative estimate of drug-likeness (QED) is 0.686. The minimum absolute atomic E-state index is 0.00376. The Morgan fingerprint density at radius 1 is 1.38 bits per heavy atom. The van der Waals surface area contributed by atoms with Gasteiger partial charge in [0, 0.05) is 6.92 Å².